The van der Waals surface area contributed by atoms with Crippen molar-refractivity contribution < 1.29 is 19.4 Å². The van der Waals surface area contributed by atoms with Crippen molar-refractivity contribution in [2.75, 3.05) is 19.0 Å². The number of rotatable bonds is 10. The summed E-state index contributed by atoms with van der Waals surface area (Å²) in [7, 11) is 1.54. The lowest BCUT2D eigenvalue weighted by Crippen LogP contribution is -2.13. The molecule has 2 N–H and O–H groups in total. The summed E-state index contributed by atoms with van der Waals surface area (Å²) in [4.78, 5) is 12.4. The number of anilines is 1. The van der Waals surface area contributed by atoms with Crippen molar-refractivity contribution in [3.63, 3.8) is 0 Å². The van der Waals surface area contributed by atoms with Gasteiger partial charge in [0.15, 0.2) is 11.5 Å². The third-order valence-corrected chi connectivity index (χ3v) is 4.89. The highest BCUT2D eigenvalue weighted by atomic mass is 79.9. The summed E-state index contributed by atoms with van der Waals surface area (Å²) in [5, 5.41) is 21.4. The van der Waals surface area contributed by atoms with Crippen LogP contribution < -0.4 is 14.8 Å². The molecule has 158 valence electrons. The number of benzene rings is 2. The number of aromatic hydroxyl groups is 1. The lowest BCUT2D eigenvalue weighted by atomic mass is 10.1. The topological polar surface area (TPSA) is 91.6 Å². The molecule has 2 rings (SSSR count). The quantitative estimate of drug-likeness (QED) is 0.201. The predicted molar refractivity (Wildman–Crippen MR) is 121 cm³/mol. The number of hydrogen-bond donors (Lipinski definition) is 2. The molecule has 0 aliphatic heterocycles. The van der Waals surface area contributed by atoms with Crippen molar-refractivity contribution in [2.45, 2.75) is 32.6 Å². The van der Waals surface area contributed by atoms with E-state index in [-0.39, 0.29) is 11.3 Å². The largest absolute Gasteiger partial charge is 0.508 e. The van der Waals surface area contributed by atoms with Crippen LogP contribution in [0.5, 0.6) is 17.2 Å². The van der Waals surface area contributed by atoms with Crippen LogP contribution in [0.1, 0.15) is 38.2 Å². The molecule has 2 aromatic carbocycles. The number of amides is 1. The van der Waals surface area contributed by atoms with E-state index in [4.69, 9.17) is 9.47 Å². The Hall–Kier alpha value is -2.98. The fraction of sp³-hybridized carbons (Fsp3) is 0.304. The summed E-state index contributed by atoms with van der Waals surface area (Å²) in [6.45, 7) is 2.75. The highest BCUT2D eigenvalue weighted by Crippen LogP contribution is 2.37. The first kappa shape index (κ1) is 23.3. The normalized spacial score (nSPS) is 10.9. The van der Waals surface area contributed by atoms with Gasteiger partial charge in [-0.1, -0.05) is 26.2 Å². The maximum Gasteiger partial charge on any atom is 0.266 e. The molecule has 0 aliphatic rings. The molecule has 0 atom stereocenters. The van der Waals surface area contributed by atoms with Gasteiger partial charge in [-0.25, -0.2) is 0 Å². The number of nitrogens with zero attached hydrogens (tertiary/aromatic N) is 1. The minimum atomic E-state index is -0.547. The molecule has 30 heavy (non-hydrogen) atoms. The van der Waals surface area contributed by atoms with Crippen LogP contribution in [0.3, 0.4) is 0 Å². The zero-order valence-corrected chi connectivity index (χ0v) is 18.7. The van der Waals surface area contributed by atoms with Crippen molar-refractivity contribution in [1.29, 1.82) is 5.26 Å². The first-order chi connectivity index (χ1) is 14.5. The van der Waals surface area contributed by atoms with Gasteiger partial charge in [-0.15, -0.1) is 0 Å². The molecule has 0 saturated heterocycles. The number of methoxy groups -OCH3 is 1. The van der Waals surface area contributed by atoms with Crippen molar-refractivity contribution in [3.05, 3.63) is 52.0 Å². The summed E-state index contributed by atoms with van der Waals surface area (Å²) in [5.74, 6) is 0.656. The molecule has 6 nitrogen and oxygen atoms in total. The molecule has 7 heteroatoms. The van der Waals surface area contributed by atoms with Crippen LogP contribution in [0.4, 0.5) is 5.69 Å². The molecule has 0 bridgehead atoms. The molecular formula is C23H25BrN2O4. The minimum absolute atomic E-state index is 0.0646. The Morgan fingerprint density at radius 3 is 2.60 bits per heavy atom. The number of nitriles is 1. The van der Waals surface area contributed by atoms with Crippen LogP contribution in [0.25, 0.3) is 6.08 Å². The maximum atomic E-state index is 12.4. The summed E-state index contributed by atoms with van der Waals surface area (Å²) in [6, 6.07) is 11.4. The van der Waals surface area contributed by atoms with E-state index in [1.165, 1.54) is 24.6 Å². The van der Waals surface area contributed by atoms with Gasteiger partial charge in [0, 0.05) is 5.69 Å². The Kier molecular flexibility index (Phi) is 9.23. The van der Waals surface area contributed by atoms with Gasteiger partial charge in [0.25, 0.3) is 5.91 Å². The average Bonchev–Trinajstić information content (AvgIpc) is 2.74. The fourth-order valence-electron chi connectivity index (χ4n) is 2.72. The molecular weight excluding hydrogens is 448 g/mol. The Morgan fingerprint density at radius 2 is 1.97 bits per heavy atom. The first-order valence-corrected chi connectivity index (χ1v) is 10.5. The number of phenolic OH excluding ortho intramolecular Hbond substituents is 1. The van der Waals surface area contributed by atoms with E-state index in [0.717, 1.165) is 19.3 Å². The number of nitrogens with one attached hydrogen (secondary N) is 1. The molecule has 0 aliphatic carbocycles. The van der Waals surface area contributed by atoms with Crippen LogP contribution in [0.15, 0.2) is 46.4 Å². The van der Waals surface area contributed by atoms with E-state index in [1.54, 1.807) is 31.4 Å². The van der Waals surface area contributed by atoms with Crippen molar-refractivity contribution in [2.24, 2.45) is 0 Å². The zero-order chi connectivity index (χ0) is 21.9. The summed E-state index contributed by atoms with van der Waals surface area (Å²) >= 11 is 3.49. The Bertz CT molecular complexity index is 933. The van der Waals surface area contributed by atoms with Gasteiger partial charge >= 0.3 is 0 Å². The molecule has 2 aromatic rings. The van der Waals surface area contributed by atoms with E-state index in [2.05, 4.69) is 28.2 Å². The van der Waals surface area contributed by atoms with Crippen LogP contribution in [0.2, 0.25) is 0 Å². The second kappa shape index (κ2) is 11.9. The predicted octanol–water partition coefficient (Wildman–Crippen LogP) is 5.67. The molecule has 0 saturated carbocycles. The number of halogens is 1. The molecule has 1 amide bonds. The van der Waals surface area contributed by atoms with E-state index in [0.29, 0.717) is 33.8 Å². The number of phenols is 1. The molecule has 0 spiro atoms. The van der Waals surface area contributed by atoms with E-state index < -0.39 is 5.91 Å². The van der Waals surface area contributed by atoms with Gasteiger partial charge in [-0.2, -0.15) is 5.26 Å². The number of hydrogen-bond acceptors (Lipinski definition) is 5. The molecule has 0 unspecified atom stereocenters. The number of carbonyl (C=O) groups excluding carboxylic acids is 1. The van der Waals surface area contributed by atoms with E-state index in [1.807, 2.05) is 6.07 Å². The van der Waals surface area contributed by atoms with Crippen molar-refractivity contribution >= 4 is 33.6 Å². The lowest BCUT2D eigenvalue weighted by Gasteiger charge is -2.13. The van der Waals surface area contributed by atoms with E-state index >= 15 is 0 Å². The van der Waals surface area contributed by atoms with Crippen molar-refractivity contribution in [3.8, 4) is 23.3 Å². The average molecular weight is 473 g/mol. The third-order valence-electron chi connectivity index (χ3n) is 4.30. The van der Waals surface area contributed by atoms with Gasteiger partial charge in [0.2, 0.25) is 0 Å². The van der Waals surface area contributed by atoms with Gasteiger partial charge in [-0.05, 0) is 70.4 Å². The smallest absolute Gasteiger partial charge is 0.266 e. The Balaban J connectivity index is 2.16. The highest BCUT2D eigenvalue weighted by molar-refractivity contribution is 9.10. The first-order valence-electron chi connectivity index (χ1n) is 9.71. The summed E-state index contributed by atoms with van der Waals surface area (Å²) < 4.78 is 12.0. The molecule has 0 fully saturated rings. The van der Waals surface area contributed by atoms with E-state index in [9.17, 15) is 15.2 Å². The van der Waals surface area contributed by atoms with Crippen LogP contribution in [0, 0.1) is 11.3 Å². The Morgan fingerprint density at radius 1 is 1.23 bits per heavy atom. The third kappa shape index (κ3) is 6.82. The highest BCUT2D eigenvalue weighted by Gasteiger charge is 2.14. The summed E-state index contributed by atoms with van der Waals surface area (Å²) in [6.07, 6.45) is 5.89. The van der Waals surface area contributed by atoms with Gasteiger partial charge in [-0.3, -0.25) is 4.79 Å². The fourth-order valence-corrected chi connectivity index (χ4v) is 3.30. The number of carbonyl (C=O) groups is 1. The minimum Gasteiger partial charge on any atom is -0.508 e. The molecule has 0 aromatic heterocycles. The summed E-state index contributed by atoms with van der Waals surface area (Å²) in [5.41, 5.74) is 1.03. The Labute approximate surface area is 185 Å². The van der Waals surface area contributed by atoms with Gasteiger partial charge in [0.1, 0.15) is 17.4 Å². The van der Waals surface area contributed by atoms with Crippen molar-refractivity contribution in [1.82, 2.24) is 0 Å². The second-order valence-corrected chi connectivity index (χ2v) is 7.47. The second-order valence-electron chi connectivity index (χ2n) is 6.61. The molecule has 0 radical (unpaired) electrons. The van der Waals surface area contributed by atoms with Crippen LogP contribution in [-0.4, -0.2) is 24.7 Å². The number of ether oxygens (including phenoxy) is 2. The van der Waals surface area contributed by atoms with Gasteiger partial charge in [0.05, 0.1) is 18.2 Å². The van der Waals surface area contributed by atoms with Gasteiger partial charge < -0.3 is 19.9 Å². The van der Waals surface area contributed by atoms with Crippen LogP contribution in [-0.2, 0) is 4.79 Å². The number of unbranched alkanes of at least 4 members (excludes halogenated alkanes) is 3. The van der Waals surface area contributed by atoms with Crippen LogP contribution >= 0.6 is 15.9 Å². The zero-order valence-electron chi connectivity index (χ0n) is 17.1. The standard InChI is InChI=1S/C23H25BrN2O4/c1-3-4-5-6-11-30-22-20(24)13-16(14-21(22)29-2)12-17(15-25)23(28)26-18-7-9-19(27)10-8-18/h7-10,12-14,27H,3-6,11H2,1-2H3,(H,26,28)/b17-12+. The maximum absolute atomic E-state index is 12.4. The monoisotopic (exact) mass is 472 g/mol. The lowest BCUT2D eigenvalue weighted by molar-refractivity contribution is -0.112. The molecule has 0 heterocycles. The SMILES string of the molecule is CCCCCCOc1c(Br)cc(/C=C(\C#N)C(=O)Nc2ccc(O)cc2)cc1OC.